The third kappa shape index (κ3) is 3.03. The summed E-state index contributed by atoms with van der Waals surface area (Å²) in [6, 6.07) is 11.0. The number of nitrogens with zero attached hydrogens (tertiary/aromatic N) is 1. The summed E-state index contributed by atoms with van der Waals surface area (Å²) in [4.78, 5) is 16.5. The van der Waals surface area contributed by atoms with Crippen LogP contribution in [0.3, 0.4) is 0 Å². The number of ether oxygens (including phenoxy) is 1. The van der Waals surface area contributed by atoms with Gasteiger partial charge in [0.25, 0.3) is 0 Å². The van der Waals surface area contributed by atoms with Crippen molar-refractivity contribution in [3.63, 3.8) is 0 Å². The molecule has 1 heterocycles. The molecule has 0 aliphatic rings. The second-order valence-corrected chi connectivity index (χ2v) is 4.70. The smallest absolute Gasteiger partial charge is 0.169 e. The minimum Gasteiger partial charge on any atom is -0.495 e. The Morgan fingerprint density at radius 2 is 1.95 bits per heavy atom. The molecular formula is C16H18N2O2. The standard InChI is InChI=1S/C16H18N2O2/c1-11(15(17)12-6-4-3-5-7-12)16(19)13-8-14(20-2)10-18-9-13/h3-11,15H,17H2,1-2H3. The van der Waals surface area contributed by atoms with Gasteiger partial charge >= 0.3 is 0 Å². The number of carbonyl (C=O) groups excluding carboxylic acids is 1. The first-order valence-corrected chi connectivity index (χ1v) is 6.47. The van der Waals surface area contributed by atoms with Crippen LogP contribution in [0.5, 0.6) is 5.75 Å². The molecule has 2 N–H and O–H groups in total. The highest BCUT2D eigenvalue weighted by molar-refractivity contribution is 5.98. The van der Waals surface area contributed by atoms with Gasteiger partial charge < -0.3 is 10.5 Å². The summed E-state index contributed by atoms with van der Waals surface area (Å²) < 4.78 is 5.08. The molecule has 2 atom stereocenters. The molecule has 1 aromatic heterocycles. The molecular weight excluding hydrogens is 252 g/mol. The Balaban J connectivity index is 2.19. The largest absolute Gasteiger partial charge is 0.495 e. The van der Waals surface area contributed by atoms with Crippen molar-refractivity contribution in [2.75, 3.05) is 7.11 Å². The fourth-order valence-corrected chi connectivity index (χ4v) is 2.06. The molecule has 4 nitrogen and oxygen atoms in total. The van der Waals surface area contributed by atoms with E-state index in [1.54, 1.807) is 25.6 Å². The van der Waals surface area contributed by atoms with Gasteiger partial charge in [0, 0.05) is 23.7 Å². The number of hydrogen-bond acceptors (Lipinski definition) is 4. The lowest BCUT2D eigenvalue weighted by Crippen LogP contribution is -2.26. The van der Waals surface area contributed by atoms with E-state index in [9.17, 15) is 4.79 Å². The highest BCUT2D eigenvalue weighted by atomic mass is 16.5. The Hall–Kier alpha value is -2.20. The molecule has 2 unspecified atom stereocenters. The molecule has 2 rings (SSSR count). The predicted molar refractivity (Wildman–Crippen MR) is 77.7 cm³/mol. The third-order valence-electron chi connectivity index (χ3n) is 3.37. The zero-order valence-electron chi connectivity index (χ0n) is 11.6. The van der Waals surface area contributed by atoms with Crippen molar-refractivity contribution in [3.8, 4) is 5.75 Å². The summed E-state index contributed by atoms with van der Waals surface area (Å²) in [7, 11) is 1.55. The number of aromatic nitrogens is 1. The fourth-order valence-electron chi connectivity index (χ4n) is 2.06. The van der Waals surface area contributed by atoms with E-state index in [0.29, 0.717) is 11.3 Å². The second kappa shape index (κ2) is 6.30. The molecule has 4 heteroatoms. The van der Waals surface area contributed by atoms with Crippen molar-refractivity contribution in [1.82, 2.24) is 4.98 Å². The Kier molecular flexibility index (Phi) is 4.48. The predicted octanol–water partition coefficient (Wildman–Crippen LogP) is 2.61. The first kappa shape index (κ1) is 14.2. The first-order valence-electron chi connectivity index (χ1n) is 6.47. The van der Waals surface area contributed by atoms with E-state index in [-0.39, 0.29) is 17.7 Å². The number of benzene rings is 1. The van der Waals surface area contributed by atoms with Crippen LogP contribution in [0.15, 0.2) is 48.8 Å². The summed E-state index contributed by atoms with van der Waals surface area (Å²) in [6.07, 6.45) is 3.11. The van der Waals surface area contributed by atoms with Gasteiger partial charge in [-0.1, -0.05) is 37.3 Å². The van der Waals surface area contributed by atoms with Crippen molar-refractivity contribution >= 4 is 5.78 Å². The van der Waals surface area contributed by atoms with Crippen LogP contribution in [-0.2, 0) is 0 Å². The van der Waals surface area contributed by atoms with Crippen molar-refractivity contribution in [3.05, 3.63) is 59.9 Å². The number of nitrogens with two attached hydrogens (primary N) is 1. The van der Waals surface area contributed by atoms with Gasteiger partial charge in [-0.25, -0.2) is 0 Å². The van der Waals surface area contributed by atoms with Crippen molar-refractivity contribution in [2.24, 2.45) is 11.7 Å². The van der Waals surface area contributed by atoms with E-state index in [4.69, 9.17) is 10.5 Å². The van der Waals surface area contributed by atoms with Crippen LogP contribution < -0.4 is 10.5 Å². The Morgan fingerprint density at radius 1 is 1.25 bits per heavy atom. The molecule has 0 bridgehead atoms. The monoisotopic (exact) mass is 270 g/mol. The summed E-state index contributed by atoms with van der Waals surface area (Å²) in [5.41, 5.74) is 7.64. The van der Waals surface area contributed by atoms with Gasteiger partial charge in [0.15, 0.2) is 5.78 Å². The highest BCUT2D eigenvalue weighted by Crippen LogP contribution is 2.23. The maximum absolute atomic E-state index is 12.5. The van der Waals surface area contributed by atoms with Crippen LogP contribution in [0, 0.1) is 5.92 Å². The molecule has 0 saturated carbocycles. The minimum atomic E-state index is -0.338. The summed E-state index contributed by atoms with van der Waals surface area (Å²) in [6.45, 7) is 1.83. The van der Waals surface area contributed by atoms with E-state index >= 15 is 0 Å². The quantitative estimate of drug-likeness (QED) is 0.848. The molecule has 0 saturated heterocycles. The second-order valence-electron chi connectivity index (χ2n) is 4.70. The molecule has 1 aromatic carbocycles. The van der Waals surface area contributed by atoms with Gasteiger partial charge in [-0.3, -0.25) is 9.78 Å². The molecule has 0 aliphatic heterocycles. The Bertz CT molecular complexity index is 584. The Labute approximate surface area is 118 Å². The third-order valence-corrected chi connectivity index (χ3v) is 3.37. The van der Waals surface area contributed by atoms with E-state index in [0.717, 1.165) is 5.56 Å². The number of pyridine rings is 1. The van der Waals surface area contributed by atoms with Gasteiger partial charge in [-0.2, -0.15) is 0 Å². The highest BCUT2D eigenvalue weighted by Gasteiger charge is 2.23. The van der Waals surface area contributed by atoms with Crippen molar-refractivity contribution in [1.29, 1.82) is 0 Å². The van der Waals surface area contributed by atoms with E-state index in [1.165, 1.54) is 0 Å². The molecule has 104 valence electrons. The van der Waals surface area contributed by atoms with Gasteiger partial charge in [-0.05, 0) is 11.6 Å². The van der Waals surface area contributed by atoms with E-state index in [2.05, 4.69) is 4.98 Å². The number of ketones is 1. The Morgan fingerprint density at radius 3 is 2.60 bits per heavy atom. The van der Waals surface area contributed by atoms with Crippen LogP contribution >= 0.6 is 0 Å². The molecule has 0 spiro atoms. The molecule has 2 aromatic rings. The molecule has 0 amide bonds. The number of methoxy groups -OCH3 is 1. The normalized spacial score (nSPS) is 13.6. The summed E-state index contributed by atoms with van der Waals surface area (Å²) in [5.74, 6) is 0.204. The summed E-state index contributed by atoms with van der Waals surface area (Å²) >= 11 is 0. The number of carbonyl (C=O) groups is 1. The lowest BCUT2D eigenvalue weighted by Gasteiger charge is -2.19. The molecule has 0 radical (unpaired) electrons. The number of Topliss-reactive ketones (excluding diaryl/α,β-unsaturated/α-hetero) is 1. The van der Waals surface area contributed by atoms with Crippen LogP contribution in [0.2, 0.25) is 0 Å². The van der Waals surface area contributed by atoms with E-state index < -0.39 is 0 Å². The average molecular weight is 270 g/mol. The zero-order chi connectivity index (χ0) is 14.5. The minimum absolute atomic E-state index is 0.0345. The van der Waals surface area contributed by atoms with Crippen molar-refractivity contribution in [2.45, 2.75) is 13.0 Å². The van der Waals surface area contributed by atoms with Crippen LogP contribution in [-0.4, -0.2) is 17.9 Å². The van der Waals surface area contributed by atoms with Crippen LogP contribution in [0.4, 0.5) is 0 Å². The summed E-state index contributed by atoms with van der Waals surface area (Å²) in [5, 5.41) is 0. The number of hydrogen-bond donors (Lipinski definition) is 1. The van der Waals surface area contributed by atoms with Crippen LogP contribution in [0.1, 0.15) is 28.9 Å². The van der Waals surface area contributed by atoms with E-state index in [1.807, 2.05) is 37.3 Å². The lowest BCUT2D eigenvalue weighted by molar-refractivity contribution is 0.0912. The maximum atomic E-state index is 12.5. The van der Waals surface area contributed by atoms with Gasteiger partial charge in [0.05, 0.1) is 13.3 Å². The van der Waals surface area contributed by atoms with Gasteiger partial charge in [0.2, 0.25) is 0 Å². The lowest BCUT2D eigenvalue weighted by atomic mass is 9.89. The topological polar surface area (TPSA) is 65.2 Å². The number of rotatable bonds is 5. The van der Waals surface area contributed by atoms with Crippen molar-refractivity contribution < 1.29 is 9.53 Å². The fraction of sp³-hybridized carbons (Fsp3) is 0.250. The first-order chi connectivity index (χ1) is 9.63. The van der Waals surface area contributed by atoms with Gasteiger partial charge in [0.1, 0.15) is 5.75 Å². The molecule has 0 fully saturated rings. The average Bonchev–Trinajstić information content (AvgIpc) is 2.53. The SMILES string of the molecule is COc1cncc(C(=O)C(C)C(N)c2ccccc2)c1. The van der Waals surface area contributed by atoms with Gasteiger partial charge in [-0.15, -0.1) is 0 Å². The molecule has 20 heavy (non-hydrogen) atoms. The molecule has 0 aliphatic carbocycles. The van der Waals surface area contributed by atoms with Crippen LogP contribution in [0.25, 0.3) is 0 Å². The maximum Gasteiger partial charge on any atom is 0.169 e. The zero-order valence-corrected chi connectivity index (χ0v) is 11.6.